The van der Waals surface area contributed by atoms with E-state index in [4.69, 9.17) is 5.73 Å². The fourth-order valence-electron chi connectivity index (χ4n) is 4.76. The minimum atomic E-state index is -1.09. The Labute approximate surface area is 175 Å². The van der Waals surface area contributed by atoms with Crippen molar-refractivity contribution in [3.8, 4) is 6.07 Å². The number of nitrogens with one attached hydrogen (secondary N) is 1. The maximum Gasteiger partial charge on any atom is 0.224 e. The lowest BCUT2D eigenvalue weighted by Crippen LogP contribution is -2.52. The molecule has 162 valence electrons. The predicted octanol–water partition coefficient (Wildman–Crippen LogP) is 2.77. The fraction of sp³-hybridized carbons (Fsp3) is 0.591. The molecule has 1 saturated heterocycles. The number of carbonyl (C=O) groups is 2. The van der Waals surface area contributed by atoms with Gasteiger partial charge in [0.25, 0.3) is 0 Å². The van der Waals surface area contributed by atoms with Crippen LogP contribution in [0.25, 0.3) is 0 Å². The Kier molecular flexibility index (Phi) is 6.71. The molecule has 8 heteroatoms. The van der Waals surface area contributed by atoms with Crippen molar-refractivity contribution in [3.05, 3.63) is 35.4 Å². The van der Waals surface area contributed by atoms with E-state index in [2.05, 4.69) is 11.4 Å². The Morgan fingerprint density at radius 3 is 2.33 bits per heavy atom. The van der Waals surface area contributed by atoms with Gasteiger partial charge in [0, 0.05) is 31.0 Å². The number of rotatable bonds is 7. The summed E-state index contributed by atoms with van der Waals surface area (Å²) in [6.07, 6.45) is 4.97. The van der Waals surface area contributed by atoms with Crippen molar-refractivity contribution >= 4 is 11.8 Å². The van der Waals surface area contributed by atoms with Gasteiger partial charge in [0.1, 0.15) is 17.2 Å². The molecule has 1 aromatic rings. The zero-order chi connectivity index (χ0) is 21.8. The zero-order valence-electron chi connectivity index (χ0n) is 17.1. The van der Waals surface area contributed by atoms with E-state index in [9.17, 15) is 23.6 Å². The predicted molar refractivity (Wildman–Crippen MR) is 107 cm³/mol. The van der Waals surface area contributed by atoms with Crippen LogP contribution >= 0.6 is 0 Å². The van der Waals surface area contributed by atoms with Crippen molar-refractivity contribution in [1.29, 1.82) is 5.26 Å². The van der Waals surface area contributed by atoms with Crippen LogP contribution in [0.5, 0.6) is 0 Å². The first-order valence-corrected chi connectivity index (χ1v) is 10.5. The summed E-state index contributed by atoms with van der Waals surface area (Å²) >= 11 is 0. The molecule has 2 aliphatic rings. The van der Waals surface area contributed by atoms with Gasteiger partial charge >= 0.3 is 0 Å². The van der Waals surface area contributed by atoms with E-state index >= 15 is 0 Å². The second-order valence-electron chi connectivity index (χ2n) is 8.53. The number of hydrogen-bond acceptors (Lipinski definition) is 4. The lowest BCUT2D eigenvalue weighted by molar-refractivity contribution is -0.138. The van der Waals surface area contributed by atoms with Crippen LogP contribution in [0.4, 0.5) is 8.78 Å². The third-order valence-electron chi connectivity index (χ3n) is 6.57. The topological polar surface area (TPSA) is 99.2 Å². The van der Waals surface area contributed by atoms with Crippen LogP contribution in [0.15, 0.2) is 18.2 Å². The van der Waals surface area contributed by atoms with Gasteiger partial charge in [0.15, 0.2) is 0 Å². The first-order chi connectivity index (χ1) is 14.3. The molecule has 1 unspecified atom stereocenters. The van der Waals surface area contributed by atoms with Gasteiger partial charge in [-0.15, -0.1) is 0 Å². The minimum absolute atomic E-state index is 0.0597. The average molecular weight is 418 g/mol. The van der Waals surface area contributed by atoms with E-state index in [-0.39, 0.29) is 36.9 Å². The lowest BCUT2D eigenvalue weighted by Gasteiger charge is -2.38. The third-order valence-corrected chi connectivity index (χ3v) is 6.57. The number of nitriles is 1. The highest BCUT2D eigenvalue weighted by Gasteiger charge is 2.44. The van der Waals surface area contributed by atoms with Crippen molar-refractivity contribution < 1.29 is 18.4 Å². The number of carbonyl (C=O) groups excluding carboxylic acids is 2. The summed E-state index contributed by atoms with van der Waals surface area (Å²) in [4.78, 5) is 26.9. The Hall–Kier alpha value is -2.53. The highest BCUT2D eigenvalue weighted by molar-refractivity contribution is 5.83. The van der Waals surface area contributed by atoms with E-state index in [1.54, 1.807) is 0 Å². The molecule has 3 N–H and O–H groups in total. The van der Waals surface area contributed by atoms with Crippen LogP contribution in [0.1, 0.15) is 56.9 Å². The normalized spacial score (nSPS) is 23.0. The molecule has 30 heavy (non-hydrogen) atoms. The van der Waals surface area contributed by atoms with Crippen molar-refractivity contribution in [1.82, 2.24) is 10.2 Å². The van der Waals surface area contributed by atoms with Crippen LogP contribution in [0.2, 0.25) is 0 Å². The number of hydrogen-bond donors (Lipinski definition) is 2. The maximum atomic E-state index is 13.7. The Balaban J connectivity index is 1.83. The molecule has 1 atom stereocenters. The maximum absolute atomic E-state index is 13.7. The standard InChI is InChI=1S/C22H28F2N4O2/c23-17-10-16(11-18(24)12-17)13-28(22(14-25)8-9-27-15-22)19(29)4-7-21(20(26)30)5-2-1-3-6-21/h10-12,27H,1-9,13,15H2,(H2,26,30). The van der Waals surface area contributed by atoms with Crippen molar-refractivity contribution in [2.24, 2.45) is 11.1 Å². The van der Waals surface area contributed by atoms with Gasteiger partial charge in [0.2, 0.25) is 11.8 Å². The quantitative estimate of drug-likeness (QED) is 0.711. The second-order valence-corrected chi connectivity index (χ2v) is 8.53. The fourth-order valence-corrected chi connectivity index (χ4v) is 4.76. The molecule has 1 aliphatic carbocycles. The van der Waals surface area contributed by atoms with Crippen LogP contribution in [0, 0.1) is 28.4 Å². The van der Waals surface area contributed by atoms with Crippen molar-refractivity contribution in [2.45, 2.75) is 63.5 Å². The number of halogens is 2. The summed E-state index contributed by atoms with van der Waals surface area (Å²) in [5, 5.41) is 13.0. The van der Waals surface area contributed by atoms with Crippen LogP contribution in [0.3, 0.4) is 0 Å². The van der Waals surface area contributed by atoms with Gasteiger partial charge in [-0.05, 0) is 49.9 Å². The number of amides is 2. The third kappa shape index (κ3) is 4.62. The van der Waals surface area contributed by atoms with Gasteiger partial charge in [-0.1, -0.05) is 19.3 Å². The molecule has 0 aromatic heterocycles. The number of nitrogens with two attached hydrogens (primary N) is 1. The zero-order valence-corrected chi connectivity index (χ0v) is 17.1. The largest absolute Gasteiger partial charge is 0.369 e. The lowest BCUT2D eigenvalue weighted by atomic mass is 9.70. The highest BCUT2D eigenvalue weighted by Crippen LogP contribution is 2.40. The van der Waals surface area contributed by atoms with Gasteiger partial charge in [-0.2, -0.15) is 5.26 Å². The number of primary amides is 1. The smallest absolute Gasteiger partial charge is 0.224 e. The number of benzene rings is 1. The van der Waals surface area contributed by atoms with Gasteiger partial charge < -0.3 is 16.0 Å². The van der Waals surface area contributed by atoms with Gasteiger partial charge in [-0.3, -0.25) is 9.59 Å². The second kappa shape index (κ2) is 9.09. The molecule has 1 aliphatic heterocycles. The van der Waals surface area contributed by atoms with Crippen molar-refractivity contribution in [2.75, 3.05) is 13.1 Å². The molecule has 6 nitrogen and oxygen atoms in total. The van der Waals surface area contributed by atoms with Gasteiger partial charge in [0.05, 0.1) is 6.07 Å². The molecule has 2 fully saturated rings. The summed E-state index contributed by atoms with van der Waals surface area (Å²) in [6, 6.07) is 5.35. The van der Waals surface area contributed by atoms with Crippen LogP contribution in [-0.2, 0) is 16.1 Å². The molecule has 0 bridgehead atoms. The molecule has 1 heterocycles. The Bertz CT molecular complexity index is 820. The highest BCUT2D eigenvalue weighted by atomic mass is 19.1. The van der Waals surface area contributed by atoms with E-state index < -0.39 is 22.6 Å². The summed E-state index contributed by atoms with van der Waals surface area (Å²) in [5.74, 6) is -2.16. The molecule has 3 rings (SSSR count). The summed E-state index contributed by atoms with van der Waals surface area (Å²) in [6.45, 7) is 0.778. The molecule has 2 amide bonds. The SMILES string of the molecule is N#CC1(N(Cc2cc(F)cc(F)c2)C(=O)CCC2(C(N)=O)CCCCC2)CCNC1. The average Bonchev–Trinajstić information content (AvgIpc) is 3.20. The minimum Gasteiger partial charge on any atom is -0.369 e. The van der Waals surface area contributed by atoms with Crippen LogP contribution in [-0.4, -0.2) is 35.3 Å². The first-order valence-electron chi connectivity index (χ1n) is 10.5. The molecular weight excluding hydrogens is 390 g/mol. The first kappa shape index (κ1) is 22.2. The molecule has 1 aromatic carbocycles. The molecule has 0 spiro atoms. The Morgan fingerprint density at radius 2 is 1.80 bits per heavy atom. The monoisotopic (exact) mass is 418 g/mol. The summed E-state index contributed by atoms with van der Waals surface area (Å²) in [5.41, 5.74) is 4.18. The number of nitrogens with zero attached hydrogens (tertiary/aromatic N) is 2. The molecule has 0 radical (unpaired) electrons. The van der Waals surface area contributed by atoms with E-state index in [0.29, 0.717) is 32.2 Å². The van der Waals surface area contributed by atoms with Gasteiger partial charge in [-0.25, -0.2) is 8.78 Å². The summed E-state index contributed by atoms with van der Waals surface area (Å²) in [7, 11) is 0. The van der Waals surface area contributed by atoms with E-state index in [1.807, 2.05) is 0 Å². The molecular formula is C22H28F2N4O2. The van der Waals surface area contributed by atoms with Crippen LogP contribution < -0.4 is 11.1 Å². The molecule has 1 saturated carbocycles. The summed E-state index contributed by atoms with van der Waals surface area (Å²) < 4.78 is 27.4. The van der Waals surface area contributed by atoms with E-state index in [0.717, 1.165) is 25.3 Å². The van der Waals surface area contributed by atoms with Crippen molar-refractivity contribution in [3.63, 3.8) is 0 Å². The Morgan fingerprint density at radius 1 is 1.13 bits per heavy atom. The van der Waals surface area contributed by atoms with E-state index in [1.165, 1.54) is 17.0 Å².